The predicted octanol–water partition coefficient (Wildman–Crippen LogP) is 5.17. The Balaban J connectivity index is 1.83. The van der Waals surface area contributed by atoms with E-state index in [-0.39, 0.29) is 28.0 Å². The highest BCUT2D eigenvalue weighted by atomic mass is 35.5. The van der Waals surface area contributed by atoms with Crippen molar-refractivity contribution in [1.29, 1.82) is 0 Å². The summed E-state index contributed by atoms with van der Waals surface area (Å²) in [5.41, 5.74) is 8.34. The molecule has 40 heavy (non-hydrogen) atoms. The highest BCUT2D eigenvalue weighted by molar-refractivity contribution is 6.74. The van der Waals surface area contributed by atoms with Gasteiger partial charge in [-0.15, -0.1) is 9.47 Å². The number of rotatable bonds is 9. The molecule has 1 saturated heterocycles. The zero-order chi connectivity index (χ0) is 29.3. The molecule has 1 unspecified atom stereocenters. The Labute approximate surface area is 242 Å². The smallest absolute Gasteiger partial charge is 0.428 e. The summed E-state index contributed by atoms with van der Waals surface area (Å²) in [5, 5.41) is 0.270. The van der Waals surface area contributed by atoms with Crippen LogP contribution in [0.2, 0.25) is 23.2 Å². The van der Waals surface area contributed by atoms with E-state index in [1.54, 1.807) is 14.2 Å². The van der Waals surface area contributed by atoms with Crippen LogP contribution in [0.15, 0.2) is 12.3 Å². The Bertz CT molecular complexity index is 1230. The van der Waals surface area contributed by atoms with Gasteiger partial charge in [0.2, 0.25) is 18.0 Å². The summed E-state index contributed by atoms with van der Waals surface area (Å²) in [7, 11) is 1.02. The lowest BCUT2D eigenvalue weighted by Gasteiger charge is -2.37. The van der Waals surface area contributed by atoms with Crippen molar-refractivity contribution in [3.8, 4) is 5.88 Å². The number of nitrogens with zero attached hydrogens (tertiary/aromatic N) is 4. The van der Waals surface area contributed by atoms with Gasteiger partial charge in [0.05, 0.1) is 26.0 Å². The molecule has 13 heteroatoms. The number of carbonyl (C=O) groups is 1. The normalized spacial score (nSPS) is 21.5. The molecular weight excluding hydrogens is 554 g/mol. The Morgan fingerprint density at radius 3 is 2.60 bits per heavy atom. The van der Waals surface area contributed by atoms with Crippen LogP contribution in [-0.2, 0) is 31.7 Å². The molecule has 2 atom stereocenters. The van der Waals surface area contributed by atoms with Gasteiger partial charge < -0.3 is 29.1 Å². The summed E-state index contributed by atoms with van der Waals surface area (Å²) < 4.78 is 28.8. The molecule has 2 aliphatic rings. The van der Waals surface area contributed by atoms with Gasteiger partial charge in [-0.05, 0) is 30.6 Å². The number of ether oxygens (including phenoxy) is 4. The second-order valence-electron chi connectivity index (χ2n) is 11.8. The highest BCUT2D eigenvalue weighted by Gasteiger charge is 2.50. The lowest BCUT2D eigenvalue weighted by Crippen LogP contribution is -2.57. The first kappa shape index (κ1) is 30.8. The molecular formula is C27H41ClN5O6Si+. The van der Waals surface area contributed by atoms with Gasteiger partial charge >= 0.3 is 12.0 Å². The largest absolute Gasteiger partial charge is 0.471 e. The van der Waals surface area contributed by atoms with Crippen molar-refractivity contribution < 1.29 is 28.2 Å². The Morgan fingerprint density at radius 1 is 1.27 bits per heavy atom. The summed E-state index contributed by atoms with van der Waals surface area (Å²) in [6.45, 7) is 12.7. The maximum atomic E-state index is 13.4. The van der Waals surface area contributed by atoms with Crippen LogP contribution in [0.3, 0.4) is 0 Å². The van der Waals surface area contributed by atoms with Crippen LogP contribution in [0, 0.1) is 0 Å². The number of nitrogens with two attached hydrogens (primary N) is 1. The maximum Gasteiger partial charge on any atom is 0.428 e. The number of urea groups is 1. The summed E-state index contributed by atoms with van der Waals surface area (Å²) in [4.78, 5) is 27.4. The number of aryl methyl sites for hydroxylation is 1. The number of amides is 2. The highest BCUT2D eigenvalue weighted by Crippen LogP contribution is 2.42. The van der Waals surface area contributed by atoms with Crippen molar-refractivity contribution in [2.24, 2.45) is 5.73 Å². The van der Waals surface area contributed by atoms with E-state index in [1.165, 1.54) is 6.20 Å². The molecule has 0 bridgehead atoms. The van der Waals surface area contributed by atoms with Crippen molar-refractivity contribution in [1.82, 2.24) is 19.4 Å². The fourth-order valence-electron chi connectivity index (χ4n) is 4.73. The predicted molar refractivity (Wildman–Crippen MR) is 154 cm³/mol. The zero-order valence-electron chi connectivity index (χ0n) is 24.5. The molecule has 1 fully saturated rings. The first-order chi connectivity index (χ1) is 18.8. The van der Waals surface area contributed by atoms with E-state index in [9.17, 15) is 4.79 Å². The number of pyridine rings is 1. The molecule has 4 rings (SSSR count). The van der Waals surface area contributed by atoms with Gasteiger partial charge in [-0.25, -0.2) is 4.79 Å². The summed E-state index contributed by atoms with van der Waals surface area (Å²) in [5.74, 6) is 0.752. The minimum atomic E-state index is -2.07. The number of primary amides is 1. The summed E-state index contributed by atoms with van der Waals surface area (Å²) in [6.07, 6.45) is 2.54. The van der Waals surface area contributed by atoms with Gasteiger partial charge in [-0.2, -0.15) is 9.97 Å². The molecule has 4 heterocycles. The van der Waals surface area contributed by atoms with Crippen LogP contribution in [0.4, 0.5) is 16.6 Å². The lowest BCUT2D eigenvalue weighted by atomic mass is 10.00. The second kappa shape index (κ2) is 12.0. The fourth-order valence-corrected chi connectivity index (χ4v) is 5.81. The molecule has 220 valence electrons. The van der Waals surface area contributed by atoms with Crippen molar-refractivity contribution >= 4 is 37.7 Å². The maximum absolute atomic E-state index is 13.4. The quantitative estimate of drug-likeness (QED) is 0.237. The van der Waals surface area contributed by atoms with E-state index >= 15 is 0 Å². The third-order valence-electron chi connectivity index (χ3n) is 8.12. The number of methoxy groups -OCH3 is 2. The number of halogens is 1. The summed E-state index contributed by atoms with van der Waals surface area (Å²) >= 11 is 6.39. The number of aromatic nitrogens is 3. The van der Waals surface area contributed by atoms with Crippen LogP contribution in [0.1, 0.15) is 56.7 Å². The minimum Gasteiger partial charge on any atom is -0.471 e. The number of quaternary nitrogens is 1. The van der Waals surface area contributed by atoms with E-state index in [1.807, 2.05) is 6.07 Å². The Morgan fingerprint density at radius 2 is 2.00 bits per heavy atom. The van der Waals surface area contributed by atoms with E-state index in [0.29, 0.717) is 57.1 Å². The third kappa shape index (κ3) is 5.89. The van der Waals surface area contributed by atoms with Gasteiger partial charge in [-0.3, -0.25) is 0 Å². The Hall–Kier alpha value is -2.19. The van der Waals surface area contributed by atoms with Gasteiger partial charge in [0.1, 0.15) is 23.4 Å². The SMILES string of the molecule is COC(OC)c1nc2c(cc1CO[Si](C)(C)C(C)(C)C)CCC[N@@+]2(C(N)=O)c1ncc(Cl)c(OC2CCOC2)n1. The van der Waals surface area contributed by atoms with E-state index in [4.69, 9.17) is 45.7 Å². The lowest BCUT2D eigenvalue weighted by molar-refractivity contribution is -0.109. The van der Waals surface area contributed by atoms with Crippen LogP contribution in [-0.4, -0.2) is 69.4 Å². The third-order valence-corrected chi connectivity index (χ3v) is 12.9. The molecule has 0 saturated carbocycles. The van der Waals surface area contributed by atoms with Crippen molar-refractivity contribution in [3.63, 3.8) is 0 Å². The van der Waals surface area contributed by atoms with Crippen molar-refractivity contribution in [2.75, 3.05) is 34.0 Å². The monoisotopic (exact) mass is 594 g/mol. The van der Waals surface area contributed by atoms with E-state index < -0.39 is 25.1 Å². The fraction of sp³-hybridized carbons (Fsp3) is 0.630. The average molecular weight is 595 g/mol. The molecule has 0 aliphatic carbocycles. The van der Waals surface area contributed by atoms with Crippen LogP contribution in [0.5, 0.6) is 5.88 Å². The van der Waals surface area contributed by atoms with E-state index in [0.717, 1.165) is 11.1 Å². The average Bonchev–Trinajstić information content (AvgIpc) is 3.41. The number of hydrogen-bond acceptors (Lipinski definition) is 9. The van der Waals surface area contributed by atoms with Crippen LogP contribution >= 0.6 is 11.6 Å². The Kier molecular flexibility index (Phi) is 9.20. The zero-order valence-corrected chi connectivity index (χ0v) is 26.2. The minimum absolute atomic E-state index is 0.0328. The van der Waals surface area contributed by atoms with E-state index in [2.05, 4.69) is 43.8 Å². The first-order valence-corrected chi connectivity index (χ1v) is 16.8. The molecule has 2 amide bonds. The standard InChI is InChI=1S/C27H40ClN5O6Si/c1-27(2,3)40(6,7)38-15-18-13-17-9-8-11-33(25(29)34,22(17)31-21(18)24(35-4)36-5)26-30-14-20(28)23(32-26)39-19-10-12-37-16-19/h13-14,19,24H,8-12,15-16H2,1-7H3,(H-,29,34)/p+1/t19?,33-/m1/s1. The second-order valence-corrected chi connectivity index (χ2v) is 17.0. The molecule has 2 aromatic heterocycles. The molecule has 0 aromatic carbocycles. The van der Waals surface area contributed by atoms with Gasteiger partial charge in [0.15, 0.2) is 8.32 Å². The van der Waals surface area contributed by atoms with Gasteiger partial charge in [0.25, 0.3) is 0 Å². The topological polar surface area (TPSA) is 128 Å². The van der Waals surface area contributed by atoms with Crippen molar-refractivity contribution in [2.45, 2.75) is 77.2 Å². The molecule has 0 spiro atoms. The van der Waals surface area contributed by atoms with Gasteiger partial charge in [0, 0.05) is 38.2 Å². The van der Waals surface area contributed by atoms with Gasteiger partial charge in [-0.1, -0.05) is 32.4 Å². The number of hydrogen-bond donors (Lipinski definition) is 1. The number of carbonyl (C=O) groups excluding carboxylic acids is 1. The number of fused-ring (bicyclic) bond motifs is 1. The van der Waals surface area contributed by atoms with Crippen LogP contribution < -0.4 is 15.0 Å². The molecule has 2 N–H and O–H groups in total. The van der Waals surface area contributed by atoms with Crippen LogP contribution in [0.25, 0.3) is 0 Å². The molecule has 2 aromatic rings. The summed E-state index contributed by atoms with van der Waals surface area (Å²) in [6, 6.07) is 1.36. The molecule has 11 nitrogen and oxygen atoms in total. The first-order valence-electron chi connectivity index (χ1n) is 13.5. The molecule has 0 radical (unpaired) electrons. The van der Waals surface area contributed by atoms with Crippen molar-refractivity contribution in [3.05, 3.63) is 34.1 Å². The molecule has 2 aliphatic heterocycles.